The van der Waals surface area contributed by atoms with Crippen LogP contribution >= 0.6 is 15.9 Å². The zero-order chi connectivity index (χ0) is 11.1. The van der Waals surface area contributed by atoms with Gasteiger partial charge in [0.05, 0.1) is 13.0 Å². The molecular formula is C10H13BrN2O2. The number of rotatable bonds is 5. The molecule has 0 fully saturated rings. The van der Waals surface area contributed by atoms with Gasteiger partial charge in [0.15, 0.2) is 0 Å². The lowest BCUT2D eigenvalue weighted by molar-refractivity contribution is -0.122. The Morgan fingerprint density at radius 2 is 2.33 bits per heavy atom. The molecule has 0 radical (unpaired) electrons. The van der Waals surface area contributed by atoms with E-state index in [0.717, 1.165) is 10.2 Å². The van der Waals surface area contributed by atoms with E-state index in [0.29, 0.717) is 13.0 Å². The van der Waals surface area contributed by atoms with Crippen LogP contribution in [0.15, 0.2) is 28.7 Å². The SMILES string of the molecule is CNNC(=O)CCOc1cccc(Br)c1. The minimum atomic E-state index is -0.0903. The van der Waals surface area contributed by atoms with Gasteiger partial charge in [-0.3, -0.25) is 10.2 Å². The van der Waals surface area contributed by atoms with Gasteiger partial charge in [0.25, 0.3) is 0 Å². The molecule has 1 amide bonds. The van der Waals surface area contributed by atoms with Crippen LogP contribution in [0, 0.1) is 0 Å². The molecular weight excluding hydrogens is 260 g/mol. The first-order chi connectivity index (χ1) is 7.22. The summed E-state index contributed by atoms with van der Waals surface area (Å²) in [7, 11) is 1.65. The van der Waals surface area contributed by atoms with Crippen LogP contribution in [0.25, 0.3) is 0 Å². The van der Waals surface area contributed by atoms with E-state index in [2.05, 4.69) is 26.8 Å². The number of hydrazine groups is 1. The van der Waals surface area contributed by atoms with E-state index in [4.69, 9.17) is 4.74 Å². The quantitative estimate of drug-likeness (QED) is 0.799. The Labute approximate surface area is 97.1 Å². The third-order valence-corrected chi connectivity index (χ3v) is 2.15. The maximum atomic E-state index is 11.0. The van der Waals surface area contributed by atoms with Crippen molar-refractivity contribution in [1.82, 2.24) is 10.9 Å². The summed E-state index contributed by atoms with van der Waals surface area (Å²) in [5.41, 5.74) is 5.03. The van der Waals surface area contributed by atoms with E-state index in [1.807, 2.05) is 24.3 Å². The predicted molar refractivity (Wildman–Crippen MR) is 61.5 cm³/mol. The zero-order valence-electron chi connectivity index (χ0n) is 8.42. The first-order valence-corrected chi connectivity index (χ1v) is 5.35. The second-order valence-electron chi connectivity index (χ2n) is 2.85. The average molecular weight is 273 g/mol. The summed E-state index contributed by atoms with van der Waals surface area (Å²) >= 11 is 3.34. The minimum Gasteiger partial charge on any atom is -0.493 e. The van der Waals surface area contributed by atoms with E-state index in [1.54, 1.807) is 7.05 Å². The summed E-state index contributed by atoms with van der Waals surface area (Å²) in [6, 6.07) is 7.50. The van der Waals surface area contributed by atoms with Gasteiger partial charge in [0, 0.05) is 11.5 Å². The largest absolute Gasteiger partial charge is 0.493 e. The summed E-state index contributed by atoms with van der Waals surface area (Å²) in [4.78, 5) is 11.0. The number of nitrogens with one attached hydrogen (secondary N) is 2. The van der Waals surface area contributed by atoms with Crippen molar-refractivity contribution < 1.29 is 9.53 Å². The van der Waals surface area contributed by atoms with Crippen LogP contribution in [0.2, 0.25) is 0 Å². The van der Waals surface area contributed by atoms with Gasteiger partial charge in [-0.1, -0.05) is 22.0 Å². The fourth-order valence-electron chi connectivity index (χ4n) is 1.02. The number of carbonyl (C=O) groups is 1. The van der Waals surface area contributed by atoms with Crippen LogP contribution in [0.3, 0.4) is 0 Å². The Bertz CT molecular complexity index is 331. The highest BCUT2D eigenvalue weighted by atomic mass is 79.9. The third kappa shape index (κ3) is 4.80. The molecule has 0 atom stereocenters. The molecule has 0 aliphatic heterocycles. The third-order valence-electron chi connectivity index (χ3n) is 1.66. The van der Waals surface area contributed by atoms with Crippen molar-refractivity contribution in [2.45, 2.75) is 6.42 Å². The molecule has 0 unspecified atom stereocenters. The van der Waals surface area contributed by atoms with Crippen LogP contribution in [-0.4, -0.2) is 19.6 Å². The summed E-state index contributed by atoms with van der Waals surface area (Å²) in [6.45, 7) is 0.365. The second-order valence-corrected chi connectivity index (χ2v) is 3.77. The number of amides is 1. The minimum absolute atomic E-state index is 0.0903. The van der Waals surface area contributed by atoms with Gasteiger partial charge in [-0.05, 0) is 18.2 Å². The number of hydrogen-bond acceptors (Lipinski definition) is 3. The second kappa shape index (κ2) is 6.42. The molecule has 0 aliphatic rings. The Balaban J connectivity index is 2.28. The van der Waals surface area contributed by atoms with E-state index in [1.165, 1.54) is 0 Å². The first kappa shape index (κ1) is 12.0. The Morgan fingerprint density at radius 3 is 3.00 bits per heavy atom. The van der Waals surface area contributed by atoms with Gasteiger partial charge in [-0.2, -0.15) is 0 Å². The van der Waals surface area contributed by atoms with Crippen LogP contribution in [-0.2, 0) is 4.79 Å². The molecule has 1 aromatic rings. The van der Waals surface area contributed by atoms with Crippen molar-refractivity contribution in [2.75, 3.05) is 13.7 Å². The predicted octanol–water partition coefficient (Wildman–Crippen LogP) is 1.47. The van der Waals surface area contributed by atoms with Crippen molar-refractivity contribution in [1.29, 1.82) is 0 Å². The number of hydrogen-bond donors (Lipinski definition) is 2. The zero-order valence-corrected chi connectivity index (χ0v) is 10.0. The maximum Gasteiger partial charge on any atom is 0.237 e. The summed E-state index contributed by atoms with van der Waals surface area (Å²) < 4.78 is 6.34. The Hall–Kier alpha value is -1.07. The molecule has 5 heteroatoms. The molecule has 0 aromatic heterocycles. The summed E-state index contributed by atoms with van der Waals surface area (Å²) in [5, 5.41) is 0. The Morgan fingerprint density at radius 1 is 1.53 bits per heavy atom. The fourth-order valence-corrected chi connectivity index (χ4v) is 1.40. The molecule has 0 saturated heterocycles. The smallest absolute Gasteiger partial charge is 0.237 e. The lowest BCUT2D eigenvalue weighted by Crippen LogP contribution is -2.34. The number of benzene rings is 1. The van der Waals surface area contributed by atoms with Gasteiger partial charge in [0.2, 0.25) is 5.91 Å². The highest BCUT2D eigenvalue weighted by Crippen LogP contribution is 2.17. The highest BCUT2D eigenvalue weighted by Gasteiger charge is 2.00. The molecule has 15 heavy (non-hydrogen) atoms. The van der Waals surface area contributed by atoms with Crippen LogP contribution in [0.4, 0.5) is 0 Å². The highest BCUT2D eigenvalue weighted by molar-refractivity contribution is 9.10. The van der Waals surface area contributed by atoms with Gasteiger partial charge in [0.1, 0.15) is 5.75 Å². The molecule has 0 spiro atoms. The molecule has 0 aliphatic carbocycles. The summed E-state index contributed by atoms with van der Waals surface area (Å²) in [6.07, 6.45) is 0.327. The maximum absolute atomic E-state index is 11.0. The van der Waals surface area contributed by atoms with Crippen molar-refractivity contribution in [3.8, 4) is 5.75 Å². The lowest BCUT2D eigenvalue weighted by atomic mass is 10.3. The molecule has 1 rings (SSSR count). The fraction of sp³-hybridized carbons (Fsp3) is 0.300. The molecule has 0 heterocycles. The summed E-state index contributed by atoms with van der Waals surface area (Å²) in [5.74, 6) is 0.661. The first-order valence-electron chi connectivity index (χ1n) is 4.56. The van der Waals surface area contributed by atoms with E-state index < -0.39 is 0 Å². The monoisotopic (exact) mass is 272 g/mol. The van der Waals surface area contributed by atoms with Gasteiger partial charge in [-0.25, -0.2) is 5.43 Å². The van der Waals surface area contributed by atoms with Gasteiger partial charge >= 0.3 is 0 Å². The molecule has 4 nitrogen and oxygen atoms in total. The molecule has 0 bridgehead atoms. The number of ether oxygens (including phenoxy) is 1. The van der Waals surface area contributed by atoms with Crippen molar-refractivity contribution in [2.24, 2.45) is 0 Å². The Kier molecular flexibility index (Phi) is 5.14. The van der Waals surface area contributed by atoms with Crippen LogP contribution in [0.5, 0.6) is 5.75 Å². The lowest BCUT2D eigenvalue weighted by Gasteiger charge is -2.06. The molecule has 1 aromatic carbocycles. The van der Waals surface area contributed by atoms with E-state index in [-0.39, 0.29) is 5.91 Å². The van der Waals surface area contributed by atoms with Gasteiger partial charge in [-0.15, -0.1) is 0 Å². The molecule has 82 valence electrons. The van der Waals surface area contributed by atoms with E-state index >= 15 is 0 Å². The standard InChI is InChI=1S/C10H13BrN2O2/c1-12-13-10(14)5-6-15-9-4-2-3-8(11)7-9/h2-4,7,12H,5-6H2,1H3,(H,13,14). The van der Waals surface area contributed by atoms with Crippen LogP contribution in [0.1, 0.15) is 6.42 Å². The van der Waals surface area contributed by atoms with Crippen LogP contribution < -0.4 is 15.6 Å². The molecule has 0 saturated carbocycles. The number of carbonyl (C=O) groups excluding carboxylic acids is 1. The topological polar surface area (TPSA) is 50.4 Å². The number of halogens is 1. The van der Waals surface area contributed by atoms with Crippen molar-refractivity contribution in [3.63, 3.8) is 0 Å². The normalized spacial score (nSPS) is 9.73. The average Bonchev–Trinajstić information content (AvgIpc) is 2.18. The van der Waals surface area contributed by atoms with Gasteiger partial charge < -0.3 is 4.74 Å². The van der Waals surface area contributed by atoms with E-state index in [9.17, 15) is 4.79 Å². The van der Waals surface area contributed by atoms with Crippen molar-refractivity contribution in [3.05, 3.63) is 28.7 Å². The molecule has 2 N–H and O–H groups in total. The van der Waals surface area contributed by atoms with Crippen molar-refractivity contribution >= 4 is 21.8 Å².